The number of carbonyl (C=O) groups excluding carboxylic acids is 1. The molecule has 0 bridgehead atoms. The highest BCUT2D eigenvalue weighted by Crippen LogP contribution is 2.46. The smallest absolute Gasteiger partial charge is 0.286 e. The van der Waals surface area contributed by atoms with Gasteiger partial charge in [0.25, 0.3) is 5.91 Å². The Balaban J connectivity index is 1.29. The van der Waals surface area contributed by atoms with Gasteiger partial charge >= 0.3 is 0 Å². The van der Waals surface area contributed by atoms with Gasteiger partial charge in [-0.05, 0) is 84.4 Å². The van der Waals surface area contributed by atoms with E-state index in [0.717, 1.165) is 57.9 Å². The molecule has 1 aromatic carbocycles. The summed E-state index contributed by atoms with van der Waals surface area (Å²) in [6.45, 7) is 17.2. The Morgan fingerprint density at radius 2 is 1.66 bits per heavy atom. The number of rotatable bonds is 9. The maximum Gasteiger partial charge on any atom is 0.286 e. The maximum atomic E-state index is 12.6. The first-order valence-electron chi connectivity index (χ1n) is 13.5. The van der Waals surface area contributed by atoms with E-state index in [0.29, 0.717) is 18.7 Å². The van der Waals surface area contributed by atoms with Gasteiger partial charge in [-0.1, -0.05) is 46.2 Å². The highest BCUT2D eigenvalue weighted by molar-refractivity contribution is 5.91. The highest BCUT2D eigenvalue weighted by atomic mass is 16.5. The highest BCUT2D eigenvalue weighted by Gasteiger charge is 2.37. The number of ether oxygens (including phenoxy) is 1. The molecule has 2 heterocycles. The Morgan fingerprint density at radius 3 is 2.37 bits per heavy atom. The van der Waals surface area contributed by atoms with E-state index in [-0.39, 0.29) is 16.7 Å². The van der Waals surface area contributed by atoms with Crippen molar-refractivity contribution in [2.45, 2.75) is 84.0 Å². The fourth-order valence-electron chi connectivity index (χ4n) is 5.49. The monoisotopic (exact) mass is 480 g/mol. The number of nitrogens with one attached hydrogen (secondary N) is 1. The molecule has 1 fully saturated rings. The van der Waals surface area contributed by atoms with Crippen LogP contribution in [0.1, 0.15) is 98.4 Å². The summed E-state index contributed by atoms with van der Waals surface area (Å²) < 4.78 is 11.4. The number of carbonyl (C=O) groups is 1. The molecule has 5 heteroatoms. The predicted octanol–water partition coefficient (Wildman–Crippen LogP) is 5.76. The number of fused-ring (bicyclic) bond motifs is 1. The van der Waals surface area contributed by atoms with Gasteiger partial charge in [-0.2, -0.15) is 0 Å². The summed E-state index contributed by atoms with van der Waals surface area (Å²) in [6.07, 6.45) is 6.40. The molecule has 0 saturated carbocycles. The van der Waals surface area contributed by atoms with Crippen molar-refractivity contribution in [1.82, 2.24) is 10.2 Å². The molecule has 1 aliphatic heterocycles. The van der Waals surface area contributed by atoms with Gasteiger partial charge in [-0.3, -0.25) is 9.69 Å². The molecule has 1 N–H and O–H groups in total. The van der Waals surface area contributed by atoms with E-state index in [1.807, 2.05) is 12.1 Å². The van der Waals surface area contributed by atoms with Crippen molar-refractivity contribution in [2.24, 2.45) is 0 Å². The SMILES string of the molecule is Cc1cc2c(cc1Cc1ccc(C(=O)NCCCCCN3CCOCC3)o1)C(C)(C)CCC2(C)C. The van der Waals surface area contributed by atoms with Crippen LogP contribution in [0.3, 0.4) is 0 Å². The van der Waals surface area contributed by atoms with Crippen LogP contribution in [0.15, 0.2) is 28.7 Å². The van der Waals surface area contributed by atoms with E-state index in [1.165, 1.54) is 35.1 Å². The molecule has 2 aliphatic rings. The van der Waals surface area contributed by atoms with Crippen molar-refractivity contribution in [2.75, 3.05) is 39.4 Å². The summed E-state index contributed by atoms with van der Waals surface area (Å²) in [7, 11) is 0. The second kappa shape index (κ2) is 10.9. The fraction of sp³-hybridized carbons (Fsp3) is 0.633. The van der Waals surface area contributed by atoms with Crippen LogP contribution >= 0.6 is 0 Å². The van der Waals surface area contributed by atoms with Gasteiger partial charge in [0, 0.05) is 26.1 Å². The second-order valence-corrected chi connectivity index (χ2v) is 11.8. The Kier molecular flexibility index (Phi) is 8.07. The first kappa shape index (κ1) is 26.0. The summed E-state index contributed by atoms with van der Waals surface area (Å²) in [5.41, 5.74) is 5.94. The standard InChI is InChI=1S/C30H44N2O3/c1-22-19-25-26(30(4,5)12-11-29(25,2)3)21-23(22)20-24-9-10-27(35-24)28(33)31-13-7-6-8-14-32-15-17-34-18-16-32/h9-10,19,21H,6-8,11-18,20H2,1-5H3,(H,31,33). The minimum absolute atomic E-state index is 0.116. The molecule has 5 nitrogen and oxygen atoms in total. The molecule has 1 saturated heterocycles. The lowest BCUT2D eigenvalue weighted by atomic mass is 9.62. The molecule has 1 aliphatic carbocycles. The number of furan rings is 1. The number of benzene rings is 1. The minimum atomic E-state index is -0.116. The van der Waals surface area contributed by atoms with Crippen molar-refractivity contribution < 1.29 is 13.9 Å². The molecular weight excluding hydrogens is 436 g/mol. The third-order valence-corrected chi connectivity index (χ3v) is 8.10. The fourth-order valence-corrected chi connectivity index (χ4v) is 5.49. The summed E-state index contributed by atoms with van der Waals surface area (Å²) in [6, 6.07) is 8.54. The molecule has 192 valence electrons. The quantitative estimate of drug-likeness (QED) is 0.464. The van der Waals surface area contributed by atoms with Gasteiger partial charge < -0.3 is 14.5 Å². The molecule has 4 rings (SSSR count). The summed E-state index contributed by atoms with van der Waals surface area (Å²) in [5.74, 6) is 1.14. The molecule has 0 unspecified atom stereocenters. The normalized spacial score (nSPS) is 19.3. The predicted molar refractivity (Wildman–Crippen MR) is 141 cm³/mol. The van der Waals surface area contributed by atoms with Gasteiger partial charge in [0.15, 0.2) is 5.76 Å². The van der Waals surface area contributed by atoms with Crippen LogP contribution < -0.4 is 5.32 Å². The average molecular weight is 481 g/mol. The number of hydrogen-bond acceptors (Lipinski definition) is 4. The number of aryl methyl sites for hydroxylation is 1. The first-order valence-corrected chi connectivity index (χ1v) is 13.5. The van der Waals surface area contributed by atoms with Gasteiger partial charge in [0.1, 0.15) is 5.76 Å². The van der Waals surface area contributed by atoms with E-state index in [4.69, 9.17) is 9.15 Å². The van der Waals surface area contributed by atoms with Gasteiger partial charge in [0.2, 0.25) is 0 Å². The van der Waals surface area contributed by atoms with E-state index < -0.39 is 0 Å². The Hall–Kier alpha value is -2.11. The molecular formula is C30H44N2O3. The number of morpholine rings is 1. The largest absolute Gasteiger partial charge is 0.456 e. The first-order chi connectivity index (χ1) is 16.7. The van der Waals surface area contributed by atoms with E-state index in [1.54, 1.807) is 0 Å². The summed E-state index contributed by atoms with van der Waals surface area (Å²) in [4.78, 5) is 15.0. The molecule has 1 aromatic heterocycles. The Bertz CT molecular complexity index is 1010. The van der Waals surface area contributed by atoms with Crippen molar-refractivity contribution >= 4 is 5.91 Å². The number of hydrogen-bond donors (Lipinski definition) is 1. The topological polar surface area (TPSA) is 54.7 Å². The van der Waals surface area contributed by atoms with Crippen LogP contribution in [-0.4, -0.2) is 50.2 Å². The number of nitrogens with zero attached hydrogens (tertiary/aromatic N) is 1. The third kappa shape index (κ3) is 6.37. The lowest BCUT2D eigenvalue weighted by molar-refractivity contribution is 0.0371. The molecule has 0 spiro atoms. The van der Waals surface area contributed by atoms with E-state index >= 15 is 0 Å². The molecule has 35 heavy (non-hydrogen) atoms. The number of unbranched alkanes of at least 4 members (excludes halogenated alkanes) is 2. The Labute approximate surface area is 211 Å². The average Bonchev–Trinajstić information content (AvgIpc) is 3.29. The van der Waals surface area contributed by atoms with Crippen molar-refractivity contribution in [3.63, 3.8) is 0 Å². The van der Waals surface area contributed by atoms with Crippen molar-refractivity contribution in [3.05, 3.63) is 58.0 Å². The zero-order valence-electron chi connectivity index (χ0n) is 22.5. The molecule has 2 aromatic rings. The zero-order chi connectivity index (χ0) is 25.1. The lowest BCUT2D eigenvalue weighted by Crippen LogP contribution is -2.36. The zero-order valence-corrected chi connectivity index (χ0v) is 22.5. The number of amides is 1. The minimum Gasteiger partial charge on any atom is -0.456 e. The van der Waals surface area contributed by atoms with Crippen LogP contribution in [0.25, 0.3) is 0 Å². The third-order valence-electron chi connectivity index (χ3n) is 8.10. The van der Waals surface area contributed by atoms with Crippen LogP contribution in [0.5, 0.6) is 0 Å². The van der Waals surface area contributed by atoms with E-state index in [9.17, 15) is 4.79 Å². The van der Waals surface area contributed by atoms with E-state index in [2.05, 4.69) is 57.0 Å². The van der Waals surface area contributed by atoms with Crippen LogP contribution in [0.4, 0.5) is 0 Å². The Morgan fingerprint density at radius 1 is 0.971 bits per heavy atom. The second-order valence-electron chi connectivity index (χ2n) is 11.8. The van der Waals surface area contributed by atoms with Gasteiger partial charge in [-0.25, -0.2) is 0 Å². The molecule has 0 radical (unpaired) electrons. The van der Waals surface area contributed by atoms with Crippen LogP contribution in [0, 0.1) is 6.92 Å². The van der Waals surface area contributed by atoms with Crippen LogP contribution in [0.2, 0.25) is 0 Å². The van der Waals surface area contributed by atoms with Crippen LogP contribution in [-0.2, 0) is 22.0 Å². The molecule has 0 atom stereocenters. The van der Waals surface area contributed by atoms with Crippen molar-refractivity contribution in [1.29, 1.82) is 0 Å². The summed E-state index contributed by atoms with van der Waals surface area (Å²) >= 11 is 0. The lowest BCUT2D eigenvalue weighted by Gasteiger charge is -2.42. The van der Waals surface area contributed by atoms with Gasteiger partial charge in [0.05, 0.1) is 13.2 Å². The molecule has 1 amide bonds. The maximum absolute atomic E-state index is 12.6. The van der Waals surface area contributed by atoms with Gasteiger partial charge in [-0.15, -0.1) is 0 Å². The summed E-state index contributed by atoms with van der Waals surface area (Å²) in [5, 5.41) is 3.02. The van der Waals surface area contributed by atoms with Crippen molar-refractivity contribution in [3.8, 4) is 0 Å².